The third-order valence-electron chi connectivity index (χ3n) is 5.54. The lowest BCUT2D eigenvalue weighted by atomic mass is 9.95. The monoisotopic (exact) mass is 515 g/mol. The van der Waals surface area contributed by atoms with Crippen molar-refractivity contribution in [3.05, 3.63) is 48.0 Å². The minimum atomic E-state index is -1.44. The topological polar surface area (TPSA) is 144 Å². The van der Waals surface area contributed by atoms with Crippen LogP contribution in [0.25, 0.3) is 10.8 Å². The van der Waals surface area contributed by atoms with Crippen molar-refractivity contribution in [2.45, 2.75) is 64.8 Å². The van der Waals surface area contributed by atoms with E-state index in [0.29, 0.717) is 0 Å². The number of hydrogen-bond acceptors (Lipinski definition) is 10. The highest BCUT2D eigenvalue weighted by Crippen LogP contribution is 2.28. The smallest absolute Gasteiger partial charge is 0.305 e. The second kappa shape index (κ2) is 12.3. The van der Waals surface area contributed by atoms with Gasteiger partial charge in [0.2, 0.25) is 12.2 Å². The van der Waals surface area contributed by atoms with Gasteiger partial charge in [0.05, 0.1) is 6.42 Å². The van der Waals surface area contributed by atoms with Crippen molar-refractivity contribution in [3.8, 4) is 0 Å². The molecular weight excluding hydrogens is 486 g/mol. The van der Waals surface area contributed by atoms with Crippen LogP contribution in [-0.2, 0) is 54.1 Å². The lowest BCUT2D eigenvalue weighted by Gasteiger charge is -2.44. The Morgan fingerprint density at radius 2 is 1.41 bits per heavy atom. The van der Waals surface area contributed by atoms with Gasteiger partial charge in [-0.05, 0) is 16.3 Å². The maximum Gasteiger partial charge on any atom is 0.305 e. The van der Waals surface area contributed by atoms with Gasteiger partial charge in [0.25, 0.3) is 0 Å². The van der Waals surface area contributed by atoms with Gasteiger partial charge in [0.1, 0.15) is 18.8 Å². The van der Waals surface area contributed by atoms with E-state index in [4.69, 9.17) is 23.7 Å². The minimum Gasteiger partial charge on any atom is -0.463 e. The van der Waals surface area contributed by atoms with Crippen LogP contribution in [0.2, 0.25) is 0 Å². The fraction of sp³-hybridized carbons (Fsp3) is 0.423. The van der Waals surface area contributed by atoms with E-state index in [-0.39, 0.29) is 13.0 Å². The van der Waals surface area contributed by atoms with Gasteiger partial charge < -0.3 is 29.0 Å². The van der Waals surface area contributed by atoms with E-state index in [1.54, 1.807) is 0 Å². The van der Waals surface area contributed by atoms with Gasteiger partial charge >= 0.3 is 23.9 Å². The van der Waals surface area contributed by atoms with Crippen LogP contribution in [-0.4, -0.2) is 67.0 Å². The van der Waals surface area contributed by atoms with E-state index in [1.807, 2.05) is 42.5 Å². The largest absolute Gasteiger partial charge is 0.463 e. The molecule has 0 radical (unpaired) electrons. The molecule has 0 aliphatic carbocycles. The maximum atomic E-state index is 13.2. The van der Waals surface area contributed by atoms with Gasteiger partial charge in [-0.15, -0.1) is 0 Å². The molecule has 198 valence electrons. The van der Waals surface area contributed by atoms with E-state index in [2.05, 4.69) is 5.32 Å². The average molecular weight is 516 g/mol. The first-order valence-electron chi connectivity index (χ1n) is 11.6. The molecule has 1 aliphatic heterocycles. The number of carbonyl (C=O) groups is 5. The molecule has 1 heterocycles. The van der Waals surface area contributed by atoms with Gasteiger partial charge in [0.15, 0.2) is 12.2 Å². The van der Waals surface area contributed by atoms with Crippen molar-refractivity contribution >= 4 is 40.6 Å². The fourth-order valence-corrected chi connectivity index (χ4v) is 4.18. The van der Waals surface area contributed by atoms with Crippen molar-refractivity contribution in [1.82, 2.24) is 5.32 Å². The summed E-state index contributed by atoms with van der Waals surface area (Å²) in [5.41, 5.74) is 0.740. The highest BCUT2D eigenvalue weighted by atomic mass is 16.7. The number of carbonyl (C=O) groups excluding carboxylic acids is 5. The van der Waals surface area contributed by atoms with Crippen LogP contribution in [0, 0.1) is 0 Å². The number of benzene rings is 2. The first-order chi connectivity index (χ1) is 17.5. The Bertz CT molecular complexity index is 1170. The summed E-state index contributed by atoms with van der Waals surface area (Å²) in [6.45, 7) is 4.20. The van der Waals surface area contributed by atoms with Crippen molar-refractivity contribution in [3.63, 3.8) is 0 Å². The van der Waals surface area contributed by atoms with E-state index in [1.165, 1.54) is 6.92 Å². The van der Waals surface area contributed by atoms with E-state index < -0.39 is 60.4 Å². The van der Waals surface area contributed by atoms with Gasteiger partial charge in [-0.3, -0.25) is 24.0 Å². The maximum absolute atomic E-state index is 13.2. The number of ether oxygens (including phenoxy) is 5. The summed E-state index contributed by atoms with van der Waals surface area (Å²) < 4.78 is 26.9. The zero-order chi connectivity index (χ0) is 27.1. The molecule has 0 aromatic heterocycles. The molecule has 1 saturated heterocycles. The van der Waals surface area contributed by atoms with Crippen molar-refractivity contribution in [2.75, 3.05) is 6.61 Å². The number of fused-ring (bicyclic) bond motifs is 1. The van der Waals surface area contributed by atoms with Crippen molar-refractivity contribution < 1.29 is 47.7 Å². The summed E-state index contributed by atoms with van der Waals surface area (Å²) in [7, 11) is 0. The molecule has 3 rings (SSSR count). The van der Waals surface area contributed by atoms with Crippen LogP contribution in [0.3, 0.4) is 0 Å². The number of amides is 1. The van der Waals surface area contributed by atoms with E-state index in [9.17, 15) is 24.0 Å². The molecule has 1 fully saturated rings. The molecule has 37 heavy (non-hydrogen) atoms. The Morgan fingerprint density at radius 3 is 2.05 bits per heavy atom. The number of hydrogen-bond donors (Lipinski definition) is 1. The predicted molar refractivity (Wildman–Crippen MR) is 128 cm³/mol. The standard InChI is InChI=1S/C26H29NO10/c1-14(28)33-13-21-24(34-15(2)29)25(35-16(3)30)23(26(37-21)36-17(4)31)27-22(32)12-19-10-7-9-18-8-5-6-11-20(18)19/h5-11,21,23-26H,12-13H2,1-4H3,(H,27,32)/t21-,23-,24-,25+,26+/m0/s1. The molecule has 11 heteroatoms. The molecule has 0 saturated carbocycles. The van der Waals surface area contributed by atoms with Gasteiger partial charge in [0, 0.05) is 27.7 Å². The number of esters is 4. The van der Waals surface area contributed by atoms with Gasteiger partial charge in [-0.2, -0.15) is 0 Å². The zero-order valence-corrected chi connectivity index (χ0v) is 20.9. The highest BCUT2D eigenvalue weighted by molar-refractivity contribution is 5.90. The average Bonchev–Trinajstić information content (AvgIpc) is 2.81. The molecule has 2 aromatic carbocycles. The van der Waals surface area contributed by atoms with E-state index in [0.717, 1.165) is 37.1 Å². The van der Waals surface area contributed by atoms with Crippen LogP contribution < -0.4 is 5.32 Å². The molecule has 1 amide bonds. The summed E-state index contributed by atoms with van der Waals surface area (Å²) >= 11 is 0. The molecule has 1 aliphatic rings. The Kier molecular flexibility index (Phi) is 9.18. The van der Waals surface area contributed by atoms with Crippen LogP contribution in [0.1, 0.15) is 33.3 Å². The van der Waals surface area contributed by atoms with Crippen LogP contribution in [0.4, 0.5) is 0 Å². The molecule has 2 aromatic rings. The summed E-state index contributed by atoms with van der Waals surface area (Å²) in [5, 5.41) is 4.55. The normalized spacial score (nSPS) is 23.0. The summed E-state index contributed by atoms with van der Waals surface area (Å²) in [4.78, 5) is 60.3. The van der Waals surface area contributed by atoms with E-state index >= 15 is 0 Å². The van der Waals surface area contributed by atoms with Crippen LogP contribution >= 0.6 is 0 Å². The number of rotatable bonds is 8. The SMILES string of the molecule is CC(=O)OC[C@@H]1O[C@@H](OC(C)=O)[C@@H](NC(=O)Cc2cccc3ccccc23)[C@@H](OC(C)=O)[C@H]1OC(C)=O. The first-order valence-corrected chi connectivity index (χ1v) is 11.6. The molecule has 1 N–H and O–H groups in total. The summed E-state index contributed by atoms with van der Waals surface area (Å²) in [6, 6.07) is 11.9. The van der Waals surface area contributed by atoms with Gasteiger partial charge in [-0.1, -0.05) is 42.5 Å². The Morgan fingerprint density at radius 1 is 0.784 bits per heavy atom. The van der Waals surface area contributed by atoms with Crippen LogP contribution in [0.5, 0.6) is 0 Å². The second-order valence-corrected chi connectivity index (χ2v) is 8.51. The lowest BCUT2D eigenvalue weighted by Crippen LogP contribution is -2.67. The van der Waals surface area contributed by atoms with Gasteiger partial charge in [-0.25, -0.2) is 0 Å². The summed E-state index contributed by atoms with van der Waals surface area (Å²) in [5.74, 6) is -3.34. The fourth-order valence-electron chi connectivity index (χ4n) is 4.18. The Labute approximate surface area is 213 Å². The Hall–Kier alpha value is -3.99. The molecule has 0 spiro atoms. The molecule has 0 bridgehead atoms. The molecule has 5 atom stereocenters. The predicted octanol–water partition coefficient (Wildman–Crippen LogP) is 1.58. The molecular formula is C26H29NO10. The number of nitrogens with one attached hydrogen (secondary N) is 1. The molecule has 0 unspecified atom stereocenters. The van der Waals surface area contributed by atoms with Crippen molar-refractivity contribution in [1.29, 1.82) is 0 Å². The van der Waals surface area contributed by atoms with Crippen molar-refractivity contribution in [2.24, 2.45) is 0 Å². The summed E-state index contributed by atoms with van der Waals surface area (Å²) in [6.07, 6.45) is -5.25. The lowest BCUT2D eigenvalue weighted by molar-refractivity contribution is -0.271. The third kappa shape index (κ3) is 7.50. The molecule has 11 nitrogen and oxygen atoms in total. The highest BCUT2D eigenvalue weighted by Gasteiger charge is 2.52. The minimum absolute atomic E-state index is 0.0491. The quantitative estimate of drug-likeness (QED) is 0.406. The van der Waals surface area contributed by atoms with Crippen LogP contribution in [0.15, 0.2) is 42.5 Å². The zero-order valence-electron chi connectivity index (χ0n) is 20.9. The third-order valence-corrected chi connectivity index (χ3v) is 5.54. The first kappa shape index (κ1) is 27.6. The second-order valence-electron chi connectivity index (χ2n) is 8.51. The Balaban J connectivity index is 1.93.